The zero-order valence-electron chi connectivity index (χ0n) is 38.1. The van der Waals surface area contributed by atoms with Gasteiger partial charge in [0.2, 0.25) is 5.91 Å². The number of aromatic hydroxyl groups is 4. The maximum Gasteiger partial charge on any atom is 0.217 e. The lowest BCUT2D eigenvalue weighted by molar-refractivity contribution is -0.118. The monoisotopic (exact) mass is 838 g/mol. The average Bonchev–Trinajstić information content (AvgIpc) is 3.15. The molecule has 0 heterocycles. The van der Waals surface area contributed by atoms with Crippen molar-refractivity contribution in [3.8, 4) is 23.0 Å². The van der Waals surface area contributed by atoms with E-state index in [1.54, 1.807) is 30.3 Å². The molecule has 8 heteroatoms. The minimum absolute atomic E-state index is 0. The predicted molar refractivity (Wildman–Crippen MR) is 254 cm³/mol. The van der Waals surface area contributed by atoms with Gasteiger partial charge in [-0.3, -0.25) is 14.4 Å². The van der Waals surface area contributed by atoms with Gasteiger partial charge in [0.25, 0.3) is 0 Å². The van der Waals surface area contributed by atoms with Crippen LogP contribution >= 0.6 is 0 Å². The number of carbonyl (C=O) groups excluding carboxylic acids is 3. The summed E-state index contributed by atoms with van der Waals surface area (Å²) in [6.07, 6.45) is 7.94. The second-order valence-electron chi connectivity index (χ2n) is 16.7. The molecular formula is C53H75NO7. The molecule has 1 amide bonds. The third kappa shape index (κ3) is 22.0. The van der Waals surface area contributed by atoms with Crippen molar-refractivity contribution in [1.29, 1.82) is 0 Å². The van der Waals surface area contributed by atoms with E-state index in [9.17, 15) is 34.8 Å². The summed E-state index contributed by atoms with van der Waals surface area (Å²) in [4.78, 5) is 32.3. The number of Topliss-reactive ketones (excluding diaryl/α,β-unsaturated/α-hetero) is 1. The molecule has 4 aromatic rings. The van der Waals surface area contributed by atoms with Gasteiger partial charge in [0.15, 0.2) is 5.78 Å². The molecule has 0 fully saturated rings. The van der Waals surface area contributed by atoms with Crippen LogP contribution in [0.3, 0.4) is 0 Å². The topological polar surface area (TPSA) is 158 Å². The number of allylic oxidation sites excluding steroid dienone is 4. The number of carbonyl (C=O) groups is 3. The fraction of sp³-hybridized carbons (Fsp3) is 0.415. The molecule has 0 saturated carbocycles. The van der Waals surface area contributed by atoms with E-state index in [1.807, 2.05) is 42.5 Å². The Balaban J connectivity index is 0.000000783. The summed E-state index contributed by atoms with van der Waals surface area (Å²) in [6.45, 7) is 24.1. The average molecular weight is 838 g/mol. The van der Waals surface area contributed by atoms with Crippen molar-refractivity contribution in [3.05, 3.63) is 141 Å². The second kappa shape index (κ2) is 28.0. The van der Waals surface area contributed by atoms with E-state index in [0.29, 0.717) is 48.7 Å². The first-order valence-corrected chi connectivity index (χ1v) is 20.9. The van der Waals surface area contributed by atoms with E-state index < -0.39 is 0 Å². The molecule has 4 aromatic carbocycles. The Morgan fingerprint density at radius 3 is 1.23 bits per heavy atom. The van der Waals surface area contributed by atoms with Gasteiger partial charge in [0.05, 0.1) is 0 Å². The molecular weight excluding hydrogens is 763 g/mol. The van der Waals surface area contributed by atoms with Crippen LogP contribution in [-0.4, -0.2) is 37.9 Å². The number of nitrogens with two attached hydrogens (primary N) is 1. The number of phenolic OH excluding ortho intramolecular Hbond substituents is 4. The minimum atomic E-state index is -0.343. The van der Waals surface area contributed by atoms with Crippen molar-refractivity contribution in [2.75, 3.05) is 0 Å². The van der Waals surface area contributed by atoms with Gasteiger partial charge in [-0.2, -0.15) is 0 Å². The van der Waals surface area contributed by atoms with Gasteiger partial charge in [-0.05, 0) is 140 Å². The number of ketones is 2. The number of phenols is 4. The van der Waals surface area contributed by atoms with E-state index in [4.69, 9.17) is 5.73 Å². The number of hydrogen-bond acceptors (Lipinski definition) is 7. The van der Waals surface area contributed by atoms with E-state index in [0.717, 1.165) is 39.8 Å². The molecule has 0 aliphatic rings. The minimum Gasteiger partial charge on any atom is -0.508 e. The Morgan fingerprint density at radius 1 is 0.541 bits per heavy atom. The third-order valence-electron chi connectivity index (χ3n) is 9.58. The lowest BCUT2D eigenvalue weighted by Crippen LogP contribution is -2.11. The fourth-order valence-electron chi connectivity index (χ4n) is 5.72. The van der Waals surface area contributed by atoms with Crippen LogP contribution < -0.4 is 5.73 Å². The van der Waals surface area contributed by atoms with Gasteiger partial charge in [-0.25, -0.2) is 0 Å². The van der Waals surface area contributed by atoms with Crippen molar-refractivity contribution >= 4 is 17.5 Å². The van der Waals surface area contributed by atoms with Crippen LogP contribution in [0.5, 0.6) is 23.0 Å². The molecule has 8 nitrogen and oxygen atoms in total. The summed E-state index contributed by atoms with van der Waals surface area (Å²) in [5.74, 6) is 2.68. The maximum atomic E-state index is 10.9. The summed E-state index contributed by atoms with van der Waals surface area (Å²) in [7, 11) is 0. The highest BCUT2D eigenvalue weighted by Gasteiger charge is 2.09. The van der Waals surface area contributed by atoms with E-state index >= 15 is 0 Å². The molecule has 0 aliphatic heterocycles. The van der Waals surface area contributed by atoms with E-state index in [-0.39, 0.29) is 48.6 Å². The Kier molecular flexibility index (Phi) is 25.4. The lowest BCUT2D eigenvalue weighted by Gasteiger charge is -2.09. The number of benzene rings is 4. The van der Waals surface area contributed by atoms with Crippen molar-refractivity contribution < 1.29 is 34.8 Å². The quantitative estimate of drug-likeness (QED) is 0.0624. The van der Waals surface area contributed by atoms with Gasteiger partial charge < -0.3 is 26.2 Å². The van der Waals surface area contributed by atoms with Gasteiger partial charge >= 0.3 is 0 Å². The highest BCUT2D eigenvalue weighted by atomic mass is 16.3. The van der Waals surface area contributed by atoms with Crippen LogP contribution in [0.2, 0.25) is 0 Å². The summed E-state index contributed by atoms with van der Waals surface area (Å²) < 4.78 is 0. The molecule has 0 atom stereocenters. The highest BCUT2D eigenvalue weighted by molar-refractivity contribution is 5.87. The fourth-order valence-corrected chi connectivity index (χ4v) is 5.72. The van der Waals surface area contributed by atoms with Crippen LogP contribution in [0, 0.1) is 0 Å². The molecule has 0 radical (unpaired) electrons. The predicted octanol–water partition coefficient (Wildman–Crippen LogP) is 12.4. The standard InChI is InChI=1S/C14H18O2.C14H20O.C12H17NO2.C12H16O2.CH4/c1-10(2)12-7-8-14(16)13(9-12)6-4-5-11(3)15;1-10(2)5-6-13-9-12(11(3)4)7-8-14(13)15;1-8(2)9-3-5-11(14)10(7-9)4-6-12(13)15;1-8(2)10-4-5-12(14)11(7-10)6-9(3)13;/h4-5,7-10,16H,6H2,1-3H3;5,7-9,11,15H,6H2,1-4H3;3,5,7-8,14H,4,6H2,1-2H3,(H2,13,15);4-5,7-8,14H,6H2,1-3H3;1H4/b5-4+;;;;. The molecule has 6 N–H and O–H groups in total. The molecule has 4 rings (SSSR count). The molecule has 0 unspecified atom stereocenters. The van der Waals surface area contributed by atoms with Gasteiger partial charge in [0.1, 0.15) is 28.8 Å². The zero-order chi connectivity index (χ0) is 45.7. The Bertz CT molecular complexity index is 2050. The van der Waals surface area contributed by atoms with Crippen LogP contribution in [0.15, 0.2) is 96.6 Å². The first kappa shape index (κ1) is 55.4. The van der Waals surface area contributed by atoms with Crippen molar-refractivity contribution in [1.82, 2.24) is 0 Å². The normalized spacial score (nSPS) is 10.6. The van der Waals surface area contributed by atoms with Crippen LogP contribution in [0.25, 0.3) is 0 Å². The van der Waals surface area contributed by atoms with Crippen molar-refractivity contribution in [2.24, 2.45) is 5.73 Å². The molecule has 61 heavy (non-hydrogen) atoms. The van der Waals surface area contributed by atoms with Gasteiger partial charge in [-0.15, -0.1) is 0 Å². The summed E-state index contributed by atoms with van der Waals surface area (Å²) in [5, 5.41) is 38.5. The largest absolute Gasteiger partial charge is 0.508 e. The maximum absolute atomic E-state index is 10.9. The number of amides is 1. The second-order valence-corrected chi connectivity index (χ2v) is 16.7. The van der Waals surface area contributed by atoms with Crippen LogP contribution in [0.1, 0.15) is 165 Å². The molecule has 0 aliphatic carbocycles. The van der Waals surface area contributed by atoms with Crippen molar-refractivity contribution in [2.45, 2.75) is 146 Å². The van der Waals surface area contributed by atoms with Crippen molar-refractivity contribution in [3.63, 3.8) is 0 Å². The number of hydrogen-bond donors (Lipinski definition) is 5. The SMILES string of the molecule is C.CC(=O)/C=C/Cc1cc(C(C)C)ccc1O.CC(=O)Cc1cc(C(C)C)ccc1O.CC(C)=CCc1cc(C(C)C)ccc1O.CC(C)c1ccc(O)c(CCC(N)=O)c1. The number of primary amides is 1. The molecule has 0 bridgehead atoms. The molecule has 0 saturated heterocycles. The van der Waals surface area contributed by atoms with Crippen LogP contribution in [-0.2, 0) is 40.1 Å². The Labute approximate surface area is 367 Å². The van der Waals surface area contributed by atoms with E-state index in [1.165, 1.54) is 36.6 Å². The van der Waals surface area contributed by atoms with Gasteiger partial charge in [-0.1, -0.05) is 129 Å². The molecule has 334 valence electrons. The number of aryl methyl sites for hydroxylation is 1. The Morgan fingerprint density at radius 2 is 0.885 bits per heavy atom. The first-order chi connectivity index (χ1) is 28.0. The Hall–Kier alpha value is -5.63. The highest BCUT2D eigenvalue weighted by Crippen LogP contribution is 2.27. The lowest BCUT2D eigenvalue weighted by atomic mass is 9.98. The van der Waals surface area contributed by atoms with Gasteiger partial charge in [0, 0.05) is 18.4 Å². The summed E-state index contributed by atoms with van der Waals surface area (Å²) in [5.41, 5.74) is 14.5. The zero-order valence-corrected chi connectivity index (χ0v) is 38.1. The molecule has 0 spiro atoms. The molecule has 0 aromatic heterocycles. The van der Waals surface area contributed by atoms with E-state index in [2.05, 4.69) is 81.4 Å². The number of rotatable bonds is 14. The smallest absolute Gasteiger partial charge is 0.217 e. The van der Waals surface area contributed by atoms with Crippen LogP contribution in [0.4, 0.5) is 0 Å². The first-order valence-electron chi connectivity index (χ1n) is 20.9. The summed E-state index contributed by atoms with van der Waals surface area (Å²) >= 11 is 0. The summed E-state index contributed by atoms with van der Waals surface area (Å²) in [6, 6.07) is 22.5. The third-order valence-corrected chi connectivity index (χ3v) is 9.58.